The summed E-state index contributed by atoms with van der Waals surface area (Å²) in [5.74, 6) is -1.77. The van der Waals surface area contributed by atoms with Gasteiger partial charge in [-0.1, -0.05) is 6.07 Å². The summed E-state index contributed by atoms with van der Waals surface area (Å²) in [5, 5.41) is 38.6. The molecule has 13 heteroatoms. The summed E-state index contributed by atoms with van der Waals surface area (Å²) >= 11 is 0. The third-order valence-corrected chi connectivity index (χ3v) is 3.43. The maximum absolute atomic E-state index is 12.1. The topological polar surface area (TPSA) is 176 Å². The number of aryl methyl sites for hydroxylation is 1. The molecule has 1 amide bonds. The zero-order chi connectivity index (χ0) is 19.6. The first-order valence-electron chi connectivity index (χ1n) is 7.03. The highest BCUT2D eigenvalue weighted by atomic mass is 16.6. The first-order valence-corrected chi connectivity index (χ1v) is 7.03. The van der Waals surface area contributed by atoms with Crippen molar-refractivity contribution in [1.82, 2.24) is 9.78 Å². The lowest BCUT2D eigenvalue weighted by atomic mass is 10.2. The van der Waals surface area contributed by atoms with Crippen LogP contribution in [-0.4, -0.2) is 30.5 Å². The fourth-order valence-electron chi connectivity index (χ4n) is 2.24. The predicted molar refractivity (Wildman–Crippen MR) is 86.7 cm³/mol. The molecule has 1 aromatic carbocycles. The highest BCUT2D eigenvalue weighted by Crippen LogP contribution is 2.29. The van der Waals surface area contributed by atoms with E-state index in [1.54, 1.807) is 13.0 Å². The van der Waals surface area contributed by atoms with E-state index in [0.29, 0.717) is 5.56 Å². The minimum absolute atomic E-state index is 0.0700. The molecule has 2 rings (SSSR count). The van der Waals surface area contributed by atoms with Gasteiger partial charge in [-0.25, -0.2) is 0 Å². The molecule has 136 valence electrons. The summed E-state index contributed by atoms with van der Waals surface area (Å²) in [5.41, 5.74) is -0.782. The van der Waals surface area contributed by atoms with Gasteiger partial charge in [0.05, 0.1) is 14.9 Å². The molecule has 1 heterocycles. The number of nitro benzene ring substituents is 1. The van der Waals surface area contributed by atoms with Crippen LogP contribution >= 0.6 is 0 Å². The fourth-order valence-corrected chi connectivity index (χ4v) is 2.24. The Morgan fingerprint density at radius 3 is 2.27 bits per heavy atom. The molecule has 1 aromatic heterocycles. The van der Waals surface area contributed by atoms with Gasteiger partial charge in [0.25, 0.3) is 5.69 Å². The van der Waals surface area contributed by atoms with E-state index in [0.717, 1.165) is 4.68 Å². The van der Waals surface area contributed by atoms with Gasteiger partial charge in [-0.2, -0.15) is 4.68 Å². The molecule has 13 nitrogen and oxygen atoms in total. The van der Waals surface area contributed by atoms with Crippen molar-refractivity contribution in [2.75, 3.05) is 5.32 Å². The molecular formula is C13H12N6O7. The smallest absolute Gasteiger partial charge is 0.358 e. The minimum Gasteiger partial charge on any atom is -0.358 e. The summed E-state index contributed by atoms with van der Waals surface area (Å²) < 4.78 is 0.797. The molecule has 2 aromatic rings. The van der Waals surface area contributed by atoms with Gasteiger partial charge in [0.15, 0.2) is 0 Å². The fraction of sp³-hybridized carbons (Fsp3) is 0.231. The first-order chi connectivity index (χ1) is 12.1. The molecule has 0 radical (unpaired) electrons. The summed E-state index contributed by atoms with van der Waals surface area (Å²) in [6.07, 6.45) is 0. The van der Waals surface area contributed by atoms with Crippen molar-refractivity contribution in [3.8, 4) is 0 Å². The zero-order valence-corrected chi connectivity index (χ0v) is 13.5. The van der Waals surface area contributed by atoms with Crippen LogP contribution in [0.25, 0.3) is 0 Å². The van der Waals surface area contributed by atoms with E-state index >= 15 is 0 Å². The molecule has 0 aliphatic rings. The van der Waals surface area contributed by atoms with Gasteiger partial charge in [0.1, 0.15) is 17.9 Å². The van der Waals surface area contributed by atoms with Crippen molar-refractivity contribution >= 4 is 28.8 Å². The van der Waals surface area contributed by atoms with Crippen molar-refractivity contribution in [1.29, 1.82) is 0 Å². The molecular weight excluding hydrogens is 352 g/mol. The van der Waals surface area contributed by atoms with E-state index in [1.165, 1.54) is 19.1 Å². The normalized spacial score (nSPS) is 10.4. The second-order valence-corrected chi connectivity index (χ2v) is 5.26. The number of hydrogen-bond donors (Lipinski definition) is 1. The number of anilines is 1. The van der Waals surface area contributed by atoms with E-state index < -0.39 is 38.7 Å². The summed E-state index contributed by atoms with van der Waals surface area (Å²) in [6, 6.07) is 4.16. The Labute approximate surface area is 144 Å². The summed E-state index contributed by atoms with van der Waals surface area (Å²) in [4.78, 5) is 42.4. The highest BCUT2D eigenvalue weighted by Gasteiger charge is 2.35. The van der Waals surface area contributed by atoms with Gasteiger partial charge in [0, 0.05) is 6.07 Å². The molecule has 0 bridgehead atoms. The largest absolute Gasteiger partial charge is 0.468 e. The van der Waals surface area contributed by atoms with Crippen LogP contribution in [0.3, 0.4) is 0 Å². The Kier molecular flexibility index (Phi) is 4.91. The van der Waals surface area contributed by atoms with Crippen molar-refractivity contribution in [2.24, 2.45) is 0 Å². The molecule has 1 N–H and O–H groups in total. The highest BCUT2D eigenvalue weighted by molar-refractivity contribution is 5.93. The number of nitro groups is 3. The van der Waals surface area contributed by atoms with Gasteiger partial charge >= 0.3 is 11.5 Å². The first kappa shape index (κ1) is 18.4. The number of hydrogen-bond acceptors (Lipinski definition) is 8. The van der Waals surface area contributed by atoms with Gasteiger partial charge in [-0.3, -0.25) is 25.0 Å². The Morgan fingerprint density at radius 1 is 1.12 bits per heavy atom. The minimum atomic E-state index is -1.02. The van der Waals surface area contributed by atoms with Crippen LogP contribution in [0.5, 0.6) is 0 Å². The van der Waals surface area contributed by atoms with E-state index in [1.807, 2.05) is 0 Å². The molecule has 0 saturated carbocycles. The number of aromatic nitrogens is 2. The molecule has 0 atom stereocenters. The Bertz CT molecular complexity index is 935. The molecule has 0 unspecified atom stereocenters. The molecule has 0 saturated heterocycles. The van der Waals surface area contributed by atoms with Crippen LogP contribution in [0.2, 0.25) is 0 Å². The number of carbonyl (C=O) groups excluding carboxylic acids is 1. The van der Waals surface area contributed by atoms with E-state index in [2.05, 4.69) is 10.4 Å². The van der Waals surface area contributed by atoms with Crippen LogP contribution in [0.4, 0.5) is 22.9 Å². The number of carbonyl (C=O) groups is 1. The predicted octanol–water partition coefficient (Wildman–Crippen LogP) is 1.86. The maximum atomic E-state index is 12.1. The third kappa shape index (κ3) is 3.61. The quantitative estimate of drug-likeness (QED) is 0.596. The van der Waals surface area contributed by atoms with Crippen LogP contribution in [0.1, 0.15) is 11.3 Å². The van der Waals surface area contributed by atoms with Gasteiger partial charge in [-0.15, -0.1) is 0 Å². The molecule has 0 aliphatic heterocycles. The number of benzene rings is 1. The average molecular weight is 364 g/mol. The summed E-state index contributed by atoms with van der Waals surface area (Å²) in [6.45, 7) is 2.26. The lowest BCUT2D eigenvalue weighted by molar-refractivity contribution is -0.424. The van der Waals surface area contributed by atoms with Crippen LogP contribution in [0.15, 0.2) is 18.2 Å². The lowest BCUT2D eigenvalue weighted by Gasteiger charge is -2.06. The molecule has 0 fully saturated rings. The van der Waals surface area contributed by atoms with E-state index in [-0.39, 0.29) is 17.1 Å². The zero-order valence-electron chi connectivity index (χ0n) is 13.5. The van der Waals surface area contributed by atoms with E-state index in [4.69, 9.17) is 0 Å². The standard InChI is InChI=1S/C13H12N6O7/c1-7-3-4-9(10(5-7)17(21)22)14-11(20)6-16-8(2)12(18(23)24)13(15-16)19(25)26/h3-5H,6H2,1-2H3,(H,14,20). The lowest BCUT2D eigenvalue weighted by Crippen LogP contribution is -2.21. The van der Waals surface area contributed by atoms with Crippen LogP contribution in [-0.2, 0) is 11.3 Å². The van der Waals surface area contributed by atoms with Crippen LogP contribution < -0.4 is 5.32 Å². The SMILES string of the molecule is Cc1ccc(NC(=O)Cn2nc([N+](=O)[O-])c([N+](=O)[O-])c2C)c([N+](=O)[O-])c1. The monoisotopic (exact) mass is 364 g/mol. The maximum Gasteiger partial charge on any atom is 0.468 e. The van der Waals surface area contributed by atoms with Crippen LogP contribution in [0, 0.1) is 44.2 Å². The number of nitrogens with zero attached hydrogens (tertiary/aromatic N) is 5. The number of rotatable bonds is 6. The number of nitrogens with one attached hydrogen (secondary N) is 1. The second kappa shape index (κ2) is 6.92. The third-order valence-electron chi connectivity index (χ3n) is 3.43. The van der Waals surface area contributed by atoms with Gasteiger partial charge in [0.2, 0.25) is 5.91 Å². The molecule has 0 aliphatic carbocycles. The summed E-state index contributed by atoms with van der Waals surface area (Å²) in [7, 11) is 0. The van der Waals surface area contributed by atoms with Crippen molar-refractivity contribution in [3.63, 3.8) is 0 Å². The molecule has 26 heavy (non-hydrogen) atoms. The van der Waals surface area contributed by atoms with Crippen molar-refractivity contribution in [3.05, 3.63) is 59.8 Å². The van der Waals surface area contributed by atoms with Gasteiger partial charge in [-0.05, 0) is 30.4 Å². The second-order valence-electron chi connectivity index (χ2n) is 5.26. The average Bonchev–Trinajstić information content (AvgIpc) is 2.86. The van der Waals surface area contributed by atoms with Crippen molar-refractivity contribution in [2.45, 2.75) is 20.4 Å². The number of amides is 1. The van der Waals surface area contributed by atoms with Crippen molar-refractivity contribution < 1.29 is 19.6 Å². The molecule has 0 spiro atoms. The Morgan fingerprint density at radius 2 is 1.77 bits per heavy atom. The van der Waals surface area contributed by atoms with E-state index in [9.17, 15) is 35.1 Å². The van der Waals surface area contributed by atoms with Gasteiger partial charge < -0.3 is 15.4 Å². The Hall–Kier alpha value is -3.90. The Balaban J connectivity index is 2.29.